The van der Waals surface area contributed by atoms with E-state index < -0.39 is 0 Å². The van der Waals surface area contributed by atoms with Gasteiger partial charge in [-0.25, -0.2) is 0 Å². The number of rotatable bonds is 4. The third kappa shape index (κ3) is 3.12. The van der Waals surface area contributed by atoms with Gasteiger partial charge in [0.05, 0.1) is 0 Å². The minimum atomic E-state index is 0.940. The Kier molecular flexibility index (Phi) is 2.56. The van der Waals surface area contributed by atoms with Crippen LogP contribution in [0.3, 0.4) is 0 Å². The fourth-order valence-electron chi connectivity index (χ4n) is 0.791. The molecule has 1 aliphatic rings. The van der Waals surface area contributed by atoms with E-state index >= 15 is 0 Å². The van der Waals surface area contributed by atoms with E-state index in [4.69, 9.17) is 0 Å². The van der Waals surface area contributed by atoms with Gasteiger partial charge in [-0.15, -0.1) is 6.58 Å². The SMILES string of the molecule is C=CCCC=CC1CC1. The summed E-state index contributed by atoms with van der Waals surface area (Å²) in [6, 6.07) is 0. The lowest BCUT2D eigenvalue weighted by Crippen LogP contribution is -1.64. The van der Waals surface area contributed by atoms with Crippen molar-refractivity contribution in [2.45, 2.75) is 25.7 Å². The highest BCUT2D eigenvalue weighted by molar-refractivity contribution is 4.96. The Labute approximate surface area is 57.3 Å². The molecule has 1 saturated carbocycles. The van der Waals surface area contributed by atoms with Crippen LogP contribution in [0.15, 0.2) is 24.8 Å². The van der Waals surface area contributed by atoms with Crippen LogP contribution >= 0.6 is 0 Å². The molecule has 0 amide bonds. The highest BCUT2D eigenvalue weighted by Gasteiger charge is 2.16. The lowest BCUT2D eigenvalue weighted by molar-refractivity contribution is 1.02. The molecule has 0 aromatic carbocycles. The molecule has 50 valence electrons. The van der Waals surface area contributed by atoms with Crippen molar-refractivity contribution >= 4 is 0 Å². The number of unbranched alkanes of at least 4 members (excludes halogenated alkanes) is 1. The smallest absolute Gasteiger partial charge is 0.0233 e. The lowest BCUT2D eigenvalue weighted by atomic mass is 10.2. The first-order valence-corrected chi connectivity index (χ1v) is 3.71. The van der Waals surface area contributed by atoms with Gasteiger partial charge in [0, 0.05) is 0 Å². The van der Waals surface area contributed by atoms with Gasteiger partial charge in [-0.3, -0.25) is 0 Å². The molecule has 0 nitrogen and oxygen atoms in total. The molecule has 0 N–H and O–H groups in total. The van der Waals surface area contributed by atoms with Crippen molar-refractivity contribution in [1.82, 2.24) is 0 Å². The van der Waals surface area contributed by atoms with E-state index in [1.54, 1.807) is 0 Å². The average molecular weight is 122 g/mol. The maximum absolute atomic E-state index is 3.66. The molecule has 0 heteroatoms. The highest BCUT2D eigenvalue weighted by Crippen LogP contribution is 2.30. The summed E-state index contributed by atoms with van der Waals surface area (Å²) < 4.78 is 0. The molecule has 0 aromatic heterocycles. The van der Waals surface area contributed by atoms with E-state index in [1.807, 2.05) is 6.08 Å². The van der Waals surface area contributed by atoms with Gasteiger partial charge in [0.1, 0.15) is 0 Å². The maximum Gasteiger partial charge on any atom is -0.0233 e. The summed E-state index contributed by atoms with van der Waals surface area (Å²) in [4.78, 5) is 0. The van der Waals surface area contributed by atoms with E-state index in [0.717, 1.165) is 12.3 Å². The molecule has 9 heavy (non-hydrogen) atoms. The molecule has 0 radical (unpaired) electrons. The van der Waals surface area contributed by atoms with Crippen LogP contribution in [0.1, 0.15) is 25.7 Å². The van der Waals surface area contributed by atoms with Crippen LogP contribution in [-0.4, -0.2) is 0 Å². The van der Waals surface area contributed by atoms with E-state index in [0.29, 0.717) is 0 Å². The molecule has 0 aliphatic heterocycles. The van der Waals surface area contributed by atoms with Gasteiger partial charge in [0.25, 0.3) is 0 Å². The number of hydrogen-bond acceptors (Lipinski definition) is 0. The minimum Gasteiger partial charge on any atom is -0.103 e. The van der Waals surface area contributed by atoms with Crippen molar-refractivity contribution in [3.8, 4) is 0 Å². The second-order valence-electron chi connectivity index (χ2n) is 2.63. The largest absolute Gasteiger partial charge is 0.103 e. The van der Waals surface area contributed by atoms with Crippen LogP contribution in [0.25, 0.3) is 0 Å². The second kappa shape index (κ2) is 3.49. The third-order valence-corrected chi connectivity index (χ3v) is 1.57. The first-order chi connectivity index (χ1) is 4.43. The Morgan fingerprint density at radius 2 is 2.11 bits per heavy atom. The first-order valence-electron chi connectivity index (χ1n) is 3.71. The van der Waals surface area contributed by atoms with Crippen LogP contribution in [-0.2, 0) is 0 Å². The average Bonchev–Trinajstić information content (AvgIpc) is 2.63. The summed E-state index contributed by atoms with van der Waals surface area (Å²) >= 11 is 0. The third-order valence-electron chi connectivity index (χ3n) is 1.57. The molecule has 0 bridgehead atoms. The molecular weight excluding hydrogens is 108 g/mol. The molecule has 0 unspecified atom stereocenters. The predicted octanol–water partition coefficient (Wildman–Crippen LogP) is 2.92. The maximum atomic E-state index is 3.66. The predicted molar refractivity (Wildman–Crippen MR) is 41.3 cm³/mol. The summed E-state index contributed by atoms with van der Waals surface area (Å²) in [5.41, 5.74) is 0. The van der Waals surface area contributed by atoms with Crippen LogP contribution in [0.4, 0.5) is 0 Å². The molecular formula is C9H14. The van der Waals surface area contributed by atoms with Crippen LogP contribution in [0.2, 0.25) is 0 Å². The van der Waals surface area contributed by atoms with E-state index in [-0.39, 0.29) is 0 Å². The van der Waals surface area contributed by atoms with Gasteiger partial charge < -0.3 is 0 Å². The zero-order valence-corrected chi connectivity index (χ0v) is 5.84. The zero-order valence-electron chi connectivity index (χ0n) is 5.84. The Morgan fingerprint density at radius 1 is 1.33 bits per heavy atom. The number of hydrogen-bond donors (Lipinski definition) is 0. The molecule has 0 heterocycles. The van der Waals surface area contributed by atoms with Gasteiger partial charge in [-0.05, 0) is 31.6 Å². The summed E-state index contributed by atoms with van der Waals surface area (Å²) in [6.45, 7) is 3.66. The Balaban J connectivity index is 1.95. The van der Waals surface area contributed by atoms with Crippen LogP contribution in [0.5, 0.6) is 0 Å². The zero-order chi connectivity index (χ0) is 6.53. The topological polar surface area (TPSA) is 0 Å². The fourth-order valence-corrected chi connectivity index (χ4v) is 0.791. The molecule has 1 aliphatic carbocycles. The minimum absolute atomic E-state index is 0.940. The Hall–Kier alpha value is -0.520. The fraction of sp³-hybridized carbons (Fsp3) is 0.556. The van der Waals surface area contributed by atoms with E-state index in [9.17, 15) is 0 Å². The summed E-state index contributed by atoms with van der Waals surface area (Å²) in [7, 11) is 0. The standard InChI is InChI=1S/C9H14/c1-2-3-4-5-6-9-7-8-9/h2,5-6,9H,1,3-4,7-8H2. The summed E-state index contributed by atoms with van der Waals surface area (Å²) in [6.07, 6.45) is 11.7. The quantitative estimate of drug-likeness (QED) is 0.397. The van der Waals surface area contributed by atoms with Crippen molar-refractivity contribution in [3.05, 3.63) is 24.8 Å². The molecule has 0 spiro atoms. The monoisotopic (exact) mass is 122 g/mol. The van der Waals surface area contributed by atoms with Gasteiger partial charge in [0.15, 0.2) is 0 Å². The van der Waals surface area contributed by atoms with Crippen molar-refractivity contribution in [2.24, 2.45) is 5.92 Å². The van der Waals surface area contributed by atoms with Gasteiger partial charge in [-0.1, -0.05) is 18.2 Å². The normalized spacial score (nSPS) is 18.7. The molecule has 1 rings (SSSR count). The van der Waals surface area contributed by atoms with Gasteiger partial charge in [-0.2, -0.15) is 0 Å². The summed E-state index contributed by atoms with van der Waals surface area (Å²) in [5, 5.41) is 0. The van der Waals surface area contributed by atoms with Gasteiger partial charge in [0.2, 0.25) is 0 Å². The number of allylic oxidation sites excluding steroid dienone is 3. The second-order valence-corrected chi connectivity index (χ2v) is 2.63. The van der Waals surface area contributed by atoms with E-state index in [2.05, 4.69) is 18.7 Å². The van der Waals surface area contributed by atoms with Gasteiger partial charge >= 0.3 is 0 Å². The van der Waals surface area contributed by atoms with Crippen molar-refractivity contribution in [1.29, 1.82) is 0 Å². The molecule has 0 atom stereocenters. The van der Waals surface area contributed by atoms with Crippen molar-refractivity contribution < 1.29 is 0 Å². The van der Waals surface area contributed by atoms with Crippen molar-refractivity contribution in [3.63, 3.8) is 0 Å². The van der Waals surface area contributed by atoms with E-state index in [1.165, 1.54) is 19.3 Å². The first kappa shape index (κ1) is 6.60. The molecule has 0 saturated heterocycles. The summed E-state index contributed by atoms with van der Waals surface area (Å²) in [5.74, 6) is 0.940. The molecule has 0 aromatic rings. The lowest BCUT2D eigenvalue weighted by Gasteiger charge is -1.83. The molecule has 1 fully saturated rings. The van der Waals surface area contributed by atoms with Crippen LogP contribution < -0.4 is 0 Å². The van der Waals surface area contributed by atoms with Crippen molar-refractivity contribution in [2.75, 3.05) is 0 Å². The Morgan fingerprint density at radius 3 is 2.67 bits per heavy atom. The highest BCUT2D eigenvalue weighted by atomic mass is 14.2. The van der Waals surface area contributed by atoms with Crippen LogP contribution in [0, 0.1) is 5.92 Å². The Bertz CT molecular complexity index is 107.